The topological polar surface area (TPSA) is 17.1 Å². The van der Waals surface area contributed by atoms with Gasteiger partial charge in [-0.25, -0.2) is 0 Å². The van der Waals surface area contributed by atoms with Crippen LogP contribution in [0.3, 0.4) is 0 Å². The predicted molar refractivity (Wildman–Crippen MR) is 91.7 cm³/mol. The number of rotatable bonds is 3. The molecule has 0 N–H and O–H groups in total. The highest BCUT2D eigenvalue weighted by atomic mass is 32.1. The van der Waals surface area contributed by atoms with Crippen LogP contribution in [0, 0.1) is 20.8 Å². The van der Waals surface area contributed by atoms with Crippen LogP contribution in [-0.4, -0.2) is 5.78 Å². The summed E-state index contributed by atoms with van der Waals surface area (Å²) in [5.41, 5.74) is 5.97. The summed E-state index contributed by atoms with van der Waals surface area (Å²) in [7, 11) is 0. The molecule has 1 nitrogen and oxygen atoms in total. The Bertz CT molecular complexity index is 648. The van der Waals surface area contributed by atoms with Crippen molar-refractivity contribution < 1.29 is 4.79 Å². The summed E-state index contributed by atoms with van der Waals surface area (Å²) in [6.07, 6.45) is 0.500. The molecule has 0 amide bonds. The van der Waals surface area contributed by atoms with Crippen molar-refractivity contribution in [3.8, 4) is 0 Å². The fourth-order valence-corrected chi connectivity index (χ4v) is 3.35. The van der Waals surface area contributed by atoms with Crippen LogP contribution in [0.2, 0.25) is 0 Å². The minimum Gasteiger partial charge on any atom is -0.294 e. The molecule has 1 aromatic carbocycles. The minimum absolute atomic E-state index is 0.141. The summed E-state index contributed by atoms with van der Waals surface area (Å²) < 4.78 is 0. The fraction of sp³-hybridized carbons (Fsp3) is 0.421. The minimum atomic E-state index is 0.141. The van der Waals surface area contributed by atoms with E-state index >= 15 is 0 Å². The molecule has 112 valence electrons. The van der Waals surface area contributed by atoms with E-state index in [0.29, 0.717) is 6.42 Å². The molecule has 0 fully saturated rings. The highest BCUT2D eigenvalue weighted by Gasteiger charge is 2.18. The quantitative estimate of drug-likeness (QED) is 0.694. The van der Waals surface area contributed by atoms with E-state index in [4.69, 9.17) is 0 Å². The fourth-order valence-electron chi connectivity index (χ4n) is 2.64. The second-order valence-corrected chi connectivity index (χ2v) is 7.95. The molecule has 0 aliphatic rings. The summed E-state index contributed by atoms with van der Waals surface area (Å²) in [4.78, 5) is 13.6. The number of carbonyl (C=O) groups excluding carboxylic acids is 1. The van der Waals surface area contributed by atoms with Crippen molar-refractivity contribution >= 4 is 17.1 Å². The van der Waals surface area contributed by atoms with Crippen LogP contribution in [0.15, 0.2) is 23.6 Å². The van der Waals surface area contributed by atoms with Crippen LogP contribution in [0.5, 0.6) is 0 Å². The molecule has 0 bridgehead atoms. The van der Waals surface area contributed by atoms with E-state index in [1.54, 1.807) is 11.3 Å². The van der Waals surface area contributed by atoms with Crippen molar-refractivity contribution in [1.29, 1.82) is 0 Å². The summed E-state index contributed by atoms with van der Waals surface area (Å²) in [5.74, 6) is 0.225. The van der Waals surface area contributed by atoms with E-state index in [9.17, 15) is 4.79 Å². The number of benzene rings is 1. The van der Waals surface area contributed by atoms with Crippen molar-refractivity contribution in [2.75, 3.05) is 0 Å². The van der Waals surface area contributed by atoms with Crippen molar-refractivity contribution in [3.05, 3.63) is 56.3 Å². The average molecular weight is 300 g/mol. The van der Waals surface area contributed by atoms with Gasteiger partial charge in [0.1, 0.15) is 0 Å². The number of carbonyl (C=O) groups is 1. The van der Waals surface area contributed by atoms with Crippen LogP contribution in [0.25, 0.3) is 0 Å². The van der Waals surface area contributed by atoms with Crippen molar-refractivity contribution in [2.24, 2.45) is 0 Å². The van der Waals surface area contributed by atoms with Crippen molar-refractivity contribution in [3.63, 3.8) is 0 Å². The van der Waals surface area contributed by atoms with Gasteiger partial charge in [0.05, 0.1) is 0 Å². The number of hydrogen-bond donors (Lipinski definition) is 0. The van der Waals surface area contributed by atoms with E-state index in [0.717, 1.165) is 10.4 Å². The largest absolute Gasteiger partial charge is 0.294 e. The second-order valence-electron chi connectivity index (χ2n) is 6.83. The van der Waals surface area contributed by atoms with E-state index in [-0.39, 0.29) is 11.2 Å². The maximum Gasteiger partial charge on any atom is 0.168 e. The van der Waals surface area contributed by atoms with Gasteiger partial charge in [-0.15, -0.1) is 11.3 Å². The Balaban J connectivity index is 2.34. The zero-order valence-electron chi connectivity index (χ0n) is 13.8. The lowest BCUT2D eigenvalue weighted by Gasteiger charge is -2.22. The Labute approximate surface area is 132 Å². The number of ketones is 1. The molecule has 0 spiro atoms. The van der Waals surface area contributed by atoms with Gasteiger partial charge in [0, 0.05) is 16.9 Å². The van der Waals surface area contributed by atoms with Crippen molar-refractivity contribution in [1.82, 2.24) is 0 Å². The lowest BCUT2D eigenvalue weighted by atomic mass is 9.83. The van der Waals surface area contributed by atoms with E-state index in [1.165, 1.54) is 22.3 Å². The molecule has 0 aliphatic heterocycles. The Morgan fingerprint density at radius 3 is 2.10 bits per heavy atom. The SMILES string of the molecule is Cc1cc(C(C)(C)C)cc(C)c1CC(=O)c1ccsc1C. The molecule has 0 saturated heterocycles. The van der Waals surface area contributed by atoms with Gasteiger partial charge >= 0.3 is 0 Å². The summed E-state index contributed by atoms with van der Waals surface area (Å²) >= 11 is 1.64. The Hall–Kier alpha value is -1.41. The molecule has 0 unspecified atom stereocenters. The average Bonchev–Trinajstić information content (AvgIpc) is 2.78. The second kappa shape index (κ2) is 5.76. The Morgan fingerprint density at radius 1 is 1.10 bits per heavy atom. The lowest BCUT2D eigenvalue weighted by molar-refractivity contribution is 0.0992. The van der Waals surface area contributed by atoms with Crippen molar-refractivity contribution in [2.45, 2.75) is 53.4 Å². The molecule has 1 heterocycles. The Morgan fingerprint density at radius 2 is 1.67 bits per heavy atom. The first-order valence-electron chi connectivity index (χ1n) is 7.38. The molecular weight excluding hydrogens is 276 g/mol. The smallest absolute Gasteiger partial charge is 0.168 e. The van der Waals surface area contributed by atoms with Crippen LogP contribution < -0.4 is 0 Å². The van der Waals surface area contributed by atoms with E-state index in [2.05, 4.69) is 46.8 Å². The first-order valence-corrected chi connectivity index (χ1v) is 8.26. The van der Waals surface area contributed by atoms with Gasteiger partial charge in [0.2, 0.25) is 0 Å². The van der Waals surface area contributed by atoms with E-state index in [1.807, 2.05) is 18.4 Å². The molecule has 2 aromatic rings. The van der Waals surface area contributed by atoms with Crippen LogP contribution in [0.1, 0.15) is 58.3 Å². The third-order valence-electron chi connectivity index (χ3n) is 4.06. The summed E-state index contributed by atoms with van der Waals surface area (Å²) in [6.45, 7) is 12.9. The summed E-state index contributed by atoms with van der Waals surface area (Å²) in [5, 5.41) is 1.99. The summed E-state index contributed by atoms with van der Waals surface area (Å²) in [6, 6.07) is 6.41. The molecule has 21 heavy (non-hydrogen) atoms. The van der Waals surface area contributed by atoms with Gasteiger partial charge in [-0.3, -0.25) is 4.79 Å². The third kappa shape index (κ3) is 3.44. The van der Waals surface area contributed by atoms with Gasteiger partial charge in [0.15, 0.2) is 5.78 Å². The Kier molecular flexibility index (Phi) is 4.38. The van der Waals surface area contributed by atoms with Gasteiger partial charge in [-0.05, 0) is 59.9 Å². The van der Waals surface area contributed by atoms with E-state index < -0.39 is 0 Å². The van der Waals surface area contributed by atoms with Gasteiger partial charge in [-0.2, -0.15) is 0 Å². The first-order chi connectivity index (χ1) is 9.70. The highest BCUT2D eigenvalue weighted by molar-refractivity contribution is 7.10. The normalized spacial score (nSPS) is 11.7. The zero-order valence-corrected chi connectivity index (χ0v) is 14.6. The molecular formula is C19H24OS. The number of aryl methyl sites for hydroxylation is 3. The zero-order chi connectivity index (χ0) is 15.8. The number of hydrogen-bond acceptors (Lipinski definition) is 2. The monoisotopic (exact) mass is 300 g/mol. The van der Waals surface area contributed by atoms with Gasteiger partial charge < -0.3 is 0 Å². The maximum absolute atomic E-state index is 12.5. The lowest BCUT2D eigenvalue weighted by Crippen LogP contribution is -2.14. The highest BCUT2D eigenvalue weighted by Crippen LogP contribution is 2.28. The molecule has 0 aliphatic carbocycles. The molecule has 0 atom stereocenters. The molecule has 0 saturated carbocycles. The first kappa shape index (κ1) is 16.0. The van der Waals surface area contributed by atoms with Crippen LogP contribution in [0.4, 0.5) is 0 Å². The number of thiophene rings is 1. The third-order valence-corrected chi connectivity index (χ3v) is 4.90. The van der Waals surface area contributed by atoms with Gasteiger partial charge in [0.25, 0.3) is 0 Å². The van der Waals surface area contributed by atoms with Crippen LogP contribution in [-0.2, 0) is 11.8 Å². The molecule has 0 radical (unpaired) electrons. The molecule has 2 heteroatoms. The standard InChI is InChI=1S/C19H24OS/c1-12-9-15(19(4,5)6)10-13(2)17(12)11-18(20)16-7-8-21-14(16)3/h7-10H,11H2,1-6H3. The van der Waals surface area contributed by atoms with Crippen LogP contribution >= 0.6 is 11.3 Å². The predicted octanol–water partition coefficient (Wildman–Crippen LogP) is 5.40. The molecule has 1 aromatic heterocycles. The molecule has 2 rings (SSSR count). The number of Topliss-reactive ketones (excluding diaryl/α,β-unsaturated/α-hetero) is 1. The maximum atomic E-state index is 12.5. The van der Waals surface area contributed by atoms with Gasteiger partial charge in [-0.1, -0.05) is 32.9 Å².